The molecule has 1 aliphatic heterocycles. The first-order valence-electron chi connectivity index (χ1n) is 7.16. The minimum atomic E-state index is -1.58. The van der Waals surface area contributed by atoms with Gasteiger partial charge < -0.3 is 9.47 Å². The molecule has 0 aliphatic carbocycles. The fourth-order valence-corrected chi connectivity index (χ4v) is 13.2. The van der Waals surface area contributed by atoms with Gasteiger partial charge in [0.1, 0.15) is 15.1 Å². The predicted molar refractivity (Wildman–Crippen MR) is 116 cm³/mol. The molecule has 0 N–H and O–H groups in total. The van der Waals surface area contributed by atoms with Crippen LogP contribution in [0.3, 0.4) is 0 Å². The van der Waals surface area contributed by atoms with Crippen molar-refractivity contribution in [3.05, 3.63) is 59.7 Å². The average Bonchev–Trinajstić information content (AvgIpc) is 3.00. The van der Waals surface area contributed by atoms with Gasteiger partial charge in [-0.2, -0.15) is 0 Å². The summed E-state index contributed by atoms with van der Waals surface area (Å²) in [4.78, 5) is 2.54. The first-order valence-corrected chi connectivity index (χ1v) is 14.6. The van der Waals surface area contributed by atoms with Crippen molar-refractivity contribution in [3.8, 4) is 11.5 Å². The third-order valence-corrected chi connectivity index (χ3v) is 17.6. The van der Waals surface area contributed by atoms with E-state index >= 15 is 0 Å². The molecule has 126 valence electrons. The van der Waals surface area contributed by atoms with Gasteiger partial charge in [-0.1, -0.05) is 58.8 Å². The van der Waals surface area contributed by atoms with Crippen molar-refractivity contribution in [1.82, 2.24) is 0 Å². The van der Waals surface area contributed by atoms with E-state index in [0.29, 0.717) is 0 Å². The zero-order chi connectivity index (χ0) is 17.2. The normalized spacial score (nSPS) is 16.3. The molecule has 0 saturated heterocycles. The van der Waals surface area contributed by atoms with E-state index < -0.39 is 3.64 Å². The Balaban J connectivity index is 2.05. The van der Waals surface area contributed by atoms with E-state index in [1.54, 1.807) is 14.2 Å². The molecule has 0 aromatic heterocycles. The minimum absolute atomic E-state index is 0.866. The standard InChI is InChI=1S/C17H17O2PS4/c1-18-14-8-4-12(5-9-14)16-17(24-20(21,22-3)23-16)13-6-10-15(19-2)11-7-13/h4-11H,1-3H3. The highest BCUT2D eigenvalue weighted by Crippen LogP contribution is 2.88. The monoisotopic (exact) mass is 412 g/mol. The van der Waals surface area contributed by atoms with E-state index in [9.17, 15) is 0 Å². The molecule has 2 aromatic rings. The van der Waals surface area contributed by atoms with Gasteiger partial charge in [-0.25, -0.2) is 0 Å². The van der Waals surface area contributed by atoms with Crippen molar-refractivity contribution < 1.29 is 9.47 Å². The lowest BCUT2D eigenvalue weighted by molar-refractivity contribution is 0.414. The molecule has 1 aliphatic rings. The smallest absolute Gasteiger partial charge is 0.118 e. The lowest BCUT2D eigenvalue weighted by Crippen LogP contribution is -1.86. The third-order valence-electron chi connectivity index (χ3n) is 3.54. The average molecular weight is 413 g/mol. The van der Waals surface area contributed by atoms with E-state index in [-0.39, 0.29) is 0 Å². The largest absolute Gasteiger partial charge is 0.497 e. The van der Waals surface area contributed by atoms with Crippen molar-refractivity contribution in [2.24, 2.45) is 0 Å². The molecule has 24 heavy (non-hydrogen) atoms. The maximum atomic E-state index is 5.93. The Morgan fingerprint density at radius 2 is 1.17 bits per heavy atom. The van der Waals surface area contributed by atoms with Gasteiger partial charge in [-0.3, -0.25) is 0 Å². The fourth-order valence-electron chi connectivity index (χ4n) is 2.25. The first-order chi connectivity index (χ1) is 11.6. The molecule has 0 saturated carbocycles. The zero-order valence-corrected chi connectivity index (χ0v) is 17.7. The predicted octanol–water partition coefficient (Wildman–Crippen LogP) is 6.60. The molecule has 0 radical (unpaired) electrons. The molecular weight excluding hydrogens is 395 g/mol. The Kier molecular flexibility index (Phi) is 5.94. The van der Waals surface area contributed by atoms with E-state index in [2.05, 4.69) is 30.5 Å². The number of benzene rings is 2. The summed E-state index contributed by atoms with van der Waals surface area (Å²) in [6, 6.07) is 16.4. The maximum Gasteiger partial charge on any atom is 0.118 e. The highest BCUT2D eigenvalue weighted by molar-refractivity contribution is 9.26. The van der Waals surface area contributed by atoms with Gasteiger partial charge in [0.05, 0.1) is 14.2 Å². The SMILES string of the molecule is COc1ccc(C2=C(c3ccc(OC)cc3)SP(=S)(SC)S2)cc1. The van der Waals surface area contributed by atoms with Crippen LogP contribution in [0.15, 0.2) is 48.5 Å². The van der Waals surface area contributed by atoms with Crippen LogP contribution >= 0.6 is 37.8 Å². The van der Waals surface area contributed by atoms with Crippen LogP contribution in [-0.2, 0) is 11.8 Å². The van der Waals surface area contributed by atoms with Gasteiger partial charge in [0, 0.05) is 9.81 Å². The van der Waals surface area contributed by atoms with E-state index in [0.717, 1.165) is 11.5 Å². The van der Waals surface area contributed by atoms with Gasteiger partial charge in [0.15, 0.2) is 0 Å². The molecule has 2 nitrogen and oxygen atoms in total. The maximum absolute atomic E-state index is 5.93. The van der Waals surface area contributed by atoms with Crippen molar-refractivity contribution >= 4 is 59.4 Å². The van der Waals surface area contributed by atoms with Crippen LogP contribution in [0.1, 0.15) is 11.1 Å². The second kappa shape index (κ2) is 7.79. The lowest BCUT2D eigenvalue weighted by atomic mass is 10.1. The summed E-state index contributed by atoms with van der Waals surface area (Å²) in [7, 11) is 3.37. The van der Waals surface area contributed by atoms with Gasteiger partial charge in [-0.05, 0) is 41.6 Å². The summed E-state index contributed by atoms with van der Waals surface area (Å²) >= 11 is 11.4. The van der Waals surface area contributed by atoms with Crippen molar-refractivity contribution in [2.45, 2.75) is 0 Å². The molecule has 0 atom stereocenters. The molecule has 0 bridgehead atoms. The van der Waals surface area contributed by atoms with Gasteiger partial charge in [-0.15, -0.1) is 11.4 Å². The fraction of sp³-hybridized carbons (Fsp3) is 0.176. The molecular formula is C17H17O2PS4. The molecule has 0 spiro atoms. The highest BCUT2D eigenvalue weighted by Gasteiger charge is 2.33. The first kappa shape index (κ1) is 18.3. The zero-order valence-electron chi connectivity index (χ0n) is 13.5. The van der Waals surface area contributed by atoms with Crippen LogP contribution in [0.2, 0.25) is 0 Å². The summed E-state index contributed by atoms with van der Waals surface area (Å²) in [5, 5.41) is 0. The highest BCUT2D eigenvalue weighted by atomic mass is 33.5. The van der Waals surface area contributed by atoms with Crippen molar-refractivity contribution in [3.63, 3.8) is 0 Å². The van der Waals surface area contributed by atoms with Crippen LogP contribution in [-0.4, -0.2) is 20.5 Å². The second-order valence-electron chi connectivity index (χ2n) is 4.93. The Hall–Kier alpha value is -0.520. The molecule has 2 aromatic carbocycles. The number of rotatable bonds is 5. The van der Waals surface area contributed by atoms with Crippen molar-refractivity contribution in [2.75, 3.05) is 20.5 Å². The third kappa shape index (κ3) is 3.83. The van der Waals surface area contributed by atoms with Crippen molar-refractivity contribution in [1.29, 1.82) is 0 Å². The Morgan fingerprint density at radius 3 is 1.46 bits per heavy atom. The van der Waals surface area contributed by atoms with Crippen LogP contribution in [0, 0.1) is 0 Å². The lowest BCUT2D eigenvalue weighted by Gasteiger charge is -2.10. The Labute approximate surface area is 160 Å². The van der Waals surface area contributed by atoms with Crippen LogP contribution in [0.5, 0.6) is 11.5 Å². The molecule has 0 fully saturated rings. The molecule has 0 unspecified atom stereocenters. The Morgan fingerprint density at radius 1 is 0.792 bits per heavy atom. The number of methoxy groups -OCH3 is 2. The topological polar surface area (TPSA) is 18.5 Å². The van der Waals surface area contributed by atoms with E-state index in [1.807, 2.05) is 58.4 Å². The summed E-state index contributed by atoms with van der Waals surface area (Å²) in [6.07, 6.45) is 2.11. The molecule has 0 amide bonds. The minimum Gasteiger partial charge on any atom is -0.497 e. The van der Waals surface area contributed by atoms with E-state index in [1.165, 1.54) is 20.9 Å². The second-order valence-corrected chi connectivity index (χ2v) is 20.3. The quantitative estimate of drug-likeness (QED) is 0.512. The Bertz CT molecular complexity index is 737. The number of ether oxygens (including phenoxy) is 2. The van der Waals surface area contributed by atoms with E-state index in [4.69, 9.17) is 21.3 Å². The van der Waals surface area contributed by atoms with Gasteiger partial charge in [0.2, 0.25) is 0 Å². The van der Waals surface area contributed by atoms with Crippen LogP contribution < -0.4 is 9.47 Å². The number of hydrogen-bond donors (Lipinski definition) is 0. The number of hydrogen-bond acceptors (Lipinski definition) is 6. The molecule has 3 rings (SSSR count). The summed E-state index contributed by atoms with van der Waals surface area (Å²) in [5.74, 6) is 1.73. The molecule has 1 heterocycles. The van der Waals surface area contributed by atoms with Crippen LogP contribution in [0.4, 0.5) is 0 Å². The summed E-state index contributed by atoms with van der Waals surface area (Å²) < 4.78 is 8.96. The summed E-state index contributed by atoms with van der Waals surface area (Å²) in [5.41, 5.74) is 2.39. The molecule has 7 heteroatoms. The van der Waals surface area contributed by atoms with Gasteiger partial charge >= 0.3 is 0 Å². The summed E-state index contributed by atoms with van der Waals surface area (Å²) in [6.45, 7) is 0. The van der Waals surface area contributed by atoms with Gasteiger partial charge in [0.25, 0.3) is 0 Å². The van der Waals surface area contributed by atoms with Crippen LogP contribution in [0.25, 0.3) is 9.81 Å².